The predicted molar refractivity (Wildman–Crippen MR) is 59.2 cm³/mol. The fourth-order valence-electron chi connectivity index (χ4n) is 2.07. The molecule has 0 spiro atoms. The second-order valence-electron chi connectivity index (χ2n) is 4.33. The van der Waals surface area contributed by atoms with Gasteiger partial charge in [0.2, 0.25) is 0 Å². The van der Waals surface area contributed by atoms with E-state index in [0.717, 1.165) is 39.0 Å². The van der Waals surface area contributed by atoms with Crippen molar-refractivity contribution in [1.29, 1.82) is 0 Å². The molecule has 16 heavy (non-hydrogen) atoms. The molecule has 1 N–H and O–H groups in total. The summed E-state index contributed by atoms with van der Waals surface area (Å²) in [5.74, 6) is -0.0891. The fourth-order valence-corrected chi connectivity index (χ4v) is 2.07. The molecule has 92 valence electrons. The van der Waals surface area contributed by atoms with Crippen LogP contribution in [0.3, 0.4) is 0 Å². The maximum atomic E-state index is 11.7. The number of hydrogen-bond donors (Lipinski definition) is 1. The second kappa shape index (κ2) is 6.18. The minimum Gasteiger partial charge on any atom is -0.461 e. The molecule has 2 rings (SSSR count). The third-order valence-corrected chi connectivity index (χ3v) is 3.03. The van der Waals surface area contributed by atoms with Crippen molar-refractivity contribution in [2.45, 2.75) is 18.9 Å². The molecule has 0 radical (unpaired) electrons. The summed E-state index contributed by atoms with van der Waals surface area (Å²) in [5.41, 5.74) is 0. The Hall–Kier alpha value is -0.650. The van der Waals surface area contributed by atoms with Crippen molar-refractivity contribution in [2.75, 3.05) is 45.9 Å². The first-order valence-electron chi connectivity index (χ1n) is 6.05. The largest absolute Gasteiger partial charge is 0.461 e. The Kier molecular flexibility index (Phi) is 4.56. The maximum Gasteiger partial charge on any atom is 0.320 e. The van der Waals surface area contributed by atoms with Crippen LogP contribution in [0.15, 0.2) is 0 Å². The highest BCUT2D eigenvalue weighted by Crippen LogP contribution is 2.10. The summed E-state index contributed by atoms with van der Waals surface area (Å²) in [4.78, 5) is 13.8. The zero-order valence-corrected chi connectivity index (χ0v) is 9.61. The number of carbonyl (C=O) groups excluding carboxylic acids is 1. The Labute approximate surface area is 96.1 Å². The van der Waals surface area contributed by atoms with Gasteiger partial charge < -0.3 is 14.8 Å². The molecule has 5 heteroatoms. The number of nitrogens with one attached hydrogen (secondary N) is 1. The molecule has 0 saturated carbocycles. The van der Waals surface area contributed by atoms with Crippen LogP contribution in [0.5, 0.6) is 0 Å². The van der Waals surface area contributed by atoms with Gasteiger partial charge in [-0.15, -0.1) is 0 Å². The van der Waals surface area contributed by atoms with Crippen molar-refractivity contribution in [3.63, 3.8) is 0 Å². The van der Waals surface area contributed by atoms with E-state index in [-0.39, 0.29) is 12.1 Å². The van der Waals surface area contributed by atoms with Gasteiger partial charge in [-0.25, -0.2) is 0 Å². The van der Waals surface area contributed by atoms with Crippen LogP contribution in [-0.2, 0) is 14.3 Å². The molecule has 2 aliphatic heterocycles. The van der Waals surface area contributed by atoms with Gasteiger partial charge in [0.1, 0.15) is 6.10 Å². The molecule has 0 aliphatic carbocycles. The molecule has 0 aromatic heterocycles. The molecule has 0 amide bonds. The monoisotopic (exact) mass is 228 g/mol. The average Bonchev–Trinajstić information content (AvgIpc) is 2.31. The normalized spacial score (nSPS) is 24.2. The van der Waals surface area contributed by atoms with Crippen molar-refractivity contribution >= 4 is 5.97 Å². The number of esters is 1. The molecule has 2 heterocycles. The Morgan fingerprint density at radius 2 is 2.00 bits per heavy atom. The Bertz CT molecular complexity index is 201. The zero-order chi connectivity index (χ0) is 11.2. The lowest BCUT2D eigenvalue weighted by Crippen LogP contribution is -2.46. The molecule has 5 nitrogen and oxygen atoms in total. The van der Waals surface area contributed by atoms with Crippen LogP contribution in [0.25, 0.3) is 0 Å². The zero-order valence-electron chi connectivity index (χ0n) is 9.61. The van der Waals surface area contributed by atoms with E-state index >= 15 is 0 Å². The summed E-state index contributed by atoms with van der Waals surface area (Å²) >= 11 is 0. The highest BCUT2D eigenvalue weighted by atomic mass is 16.6. The third kappa shape index (κ3) is 3.73. The lowest BCUT2D eigenvalue weighted by Gasteiger charge is -2.28. The number of ether oxygens (including phenoxy) is 2. The molecule has 2 saturated heterocycles. The first-order valence-corrected chi connectivity index (χ1v) is 6.05. The lowest BCUT2D eigenvalue weighted by molar-refractivity contribution is -0.154. The molecule has 2 aliphatic rings. The maximum absolute atomic E-state index is 11.7. The Balaban J connectivity index is 1.66. The van der Waals surface area contributed by atoms with Gasteiger partial charge >= 0.3 is 5.97 Å². The molecule has 0 atom stereocenters. The van der Waals surface area contributed by atoms with Crippen molar-refractivity contribution < 1.29 is 14.3 Å². The smallest absolute Gasteiger partial charge is 0.320 e. The van der Waals surface area contributed by atoms with Crippen molar-refractivity contribution in [2.24, 2.45) is 0 Å². The molecule has 0 bridgehead atoms. The SMILES string of the molecule is O=C(CN1CCNCC1)OC1CCOCC1. The molecule has 0 unspecified atom stereocenters. The highest BCUT2D eigenvalue weighted by Gasteiger charge is 2.20. The van der Waals surface area contributed by atoms with Crippen LogP contribution in [0.1, 0.15) is 12.8 Å². The first kappa shape index (κ1) is 11.8. The van der Waals surface area contributed by atoms with Crippen molar-refractivity contribution in [1.82, 2.24) is 10.2 Å². The Morgan fingerprint density at radius 1 is 1.31 bits per heavy atom. The molecular formula is C11H20N2O3. The second-order valence-corrected chi connectivity index (χ2v) is 4.33. The topological polar surface area (TPSA) is 50.8 Å². The average molecular weight is 228 g/mol. The molecule has 0 aromatic rings. The van der Waals surface area contributed by atoms with Crippen molar-refractivity contribution in [3.8, 4) is 0 Å². The quantitative estimate of drug-likeness (QED) is 0.667. The van der Waals surface area contributed by atoms with Gasteiger partial charge in [-0.05, 0) is 0 Å². The standard InChI is InChI=1S/C11H20N2O3/c14-11(9-13-5-3-12-4-6-13)16-10-1-7-15-8-2-10/h10,12H,1-9H2. The van der Waals surface area contributed by atoms with Crippen LogP contribution in [0.4, 0.5) is 0 Å². The van der Waals surface area contributed by atoms with E-state index < -0.39 is 0 Å². The van der Waals surface area contributed by atoms with E-state index in [1.165, 1.54) is 0 Å². The van der Waals surface area contributed by atoms with E-state index in [2.05, 4.69) is 10.2 Å². The number of carbonyl (C=O) groups is 1. The van der Waals surface area contributed by atoms with E-state index in [1.807, 2.05) is 0 Å². The summed E-state index contributed by atoms with van der Waals surface area (Å²) in [6.07, 6.45) is 1.75. The van der Waals surface area contributed by atoms with Gasteiger partial charge in [0.25, 0.3) is 0 Å². The van der Waals surface area contributed by atoms with Gasteiger partial charge in [0, 0.05) is 39.0 Å². The molecule has 0 aromatic carbocycles. The molecule has 2 fully saturated rings. The number of rotatable bonds is 3. The van der Waals surface area contributed by atoms with Crippen LogP contribution >= 0.6 is 0 Å². The number of piperazine rings is 1. The number of nitrogens with zero attached hydrogens (tertiary/aromatic N) is 1. The fraction of sp³-hybridized carbons (Fsp3) is 0.909. The van der Waals surface area contributed by atoms with Gasteiger partial charge in [-0.2, -0.15) is 0 Å². The summed E-state index contributed by atoms with van der Waals surface area (Å²) in [6, 6.07) is 0. The summed E-state index contributed by atoms with van der Waals surface area (Å²) in [7, 11) is 0. The summed E-state index contributed by atoms with van der Waals surface area (Å²) in [6.45, 7) is 5.65. The van der Waals surface area contributed by atoms with Gasteiger partial charge in [0.15, 0.2) is 0 Å². The lowest BCUT2D eigenvalue weighted by atomic mass is 10.1. The van der Waals surface area contributed by atoms with Gasteiger partial charge in [-0.3, -0.25) is 9.69 Å². The summed E-state index contributed by atoms with van der Waals surface area (Å²) in [5, 5.41) is 3.26. The van der Waals surface area contributed by atoms with Gasteiger partial charge in [0.05, 0.1) is 19.8 Å². The van der Waals surface area contributed by atoms with E-state index in [9.17, 15) is 4.79 Å². The number of hydrogen-bond acceptors (Lipinski definition) is 5. The van der Waals surface area contributed by atoms with Crippen LogP contribution in [0.2, 0.25) is 0 Å². The predicted octanol–water partition coefficient (Wildman–Crippen LogP) is -0.386. The van der Waals surface area contributed by atoms with E-state index in [0.29, 0.717) is 19.8 Å². The minimum atomic E-state index is -0.0891. The summed E-state index contributed by atoms with van der Waals surface area (Å²) < 4.78 is 10.6. The van der Waals surface area contributed by atoms with Gasteiger partial charge in [-0.1, -0.05) is 0 Å². The van der Waals surface area contributed by atoms with Crippen molar-refractivity contribution in [3.05, 3.63) is 0 Å². The van der Waals surface area contributed by atoms with E-state index in [1.54, 1.807) is 0 Å². The Morgan fingerprint density at radius 3 is 2.69 bits per heavy atom. The van der Waals surface area contributed by atoms with E-state index in [4.69, 9.17) is 9.47 Å². The minimum absolute atomic E-state index is 0.0733. The van der Waals surface area contributed by atoms with Crippen LogP contribution in [0, 0.1) is 0 Å². The highest BCUT2D eigenvalue weighted by molar-refractivity contribution is 5.71. The van der Waals surface area contributed by atoms with Crippen LogP contribution < -0.4 is 5.32 Å². The molecular weight excluding hydrogens is 208 g/mol. The third-order valence-electron chi connectivity index (χ3n) is 3.03. The van der Waals surface area contributed by atoms with Crippen LogP contribution in [-0.4, -0.2) is 62.9 Å². The first-order chi connectivity index (χ1) is 7.84.